The fourth-order valence-corrected chi connectivity index (χ4v) is 3.50. The van der Waals surface area contributed by atoms with Crippen molar-refractivity contribution < 1.29 is 9.53 Å². The van der Waals surface area contributed by atoms with Crippen LogP contribution in [0.4, 0.5) is 27.8 Å². The molecule has 4 rings (SSSR count). The number of amides is 2. The molecule has 2 N–H and O–H groups in total. The van der Waals surface area contributed by atoms with Crippen LogP contribution in [0.3, 0.4) is 0 Å². The van der Waals surface area contributed by atoms with Crippen LogP contribution in [0, 0.1) is 0 Å². The Hall–Kier alpha value is -3.81. The maximum atomic E-state index is 12.3. The molecule has 8 nitrogen and oxygen atoms in total. The summed E-state index contributed by atoms with van der Waals surface area (Å²) < 4.78 is 5.41. The molecule has 1 aliphatic rings. The molecule has 31 heavy (non-hydrogen) atoms. The lowest BCUT2D eigenvalue weighted by atomic mass is 10.2. The van der Waals surface area contributed by atoms with E-state index in [0.717, 1.165) is 37.7 Å². The number of para-hydroxylation sites is 1. The van der Waals surface area contributed by atoms with Crippen LogP contribution in [-0.2, 0) is 0 Å². The first-order valence-electron chi connectivity index (χ1n) is 10.4. The third-order valence-corrected chi connectivity index (χ3v) is 5.04. The second-order valence-electron chi connectivity index (χ2n) is 7.11. The number of benzene rings is 2. The van der Waals surface area contributed by atoms with Crippen molar-refractivity contribution in [1.29, 1.82) is 0 Å². The number of nitrogens with zero attached hydrogens (tertiary/aromatic N) is 4. The Morgan fingerprint density at radius 3 is 2.35 bits per heavy atom. The molecule has 1 aromatic heterocycles. The molecule has 2 amide bonds. The van der Waals surface area contributed by atoms with Crippen LogP contribution < -0.4 is 25.2 Å². The van der Waals surface area contributed by atoms with Crippen molar-refractivity contribution in [2.75, 3.05) is 53.2 Å². The molecule has 0 saturated carbocycles. The van der Waals surface area contributed by atoms with Gasteiger partial charge in [0.2, 0.25) is 0 Å². The van der Waals surface area contributed by atoms with Crippen molar-refractivity contribution in [3.8, 4) is 5.75 Å². The molecule has 0 radical (unpaired) electrons. The highest BCUT2D eigenvalue weighted by molar-refractivity contribution is 5.99. The molecule has 0 spiro atoms. The van der Waals surface area contributed by atoms with Gasteiger partial charge in [0, 0.05) is 43.6 Å². The number of urea groups is 1. The van der Waals surface area contributed by atoms with Gasteiger partial charge in [-0.05, 0) is 43.3 Å². The maximum absolute atomic E-state index is 12.3. The molecule has 3 aromatic rings. The summed E-state index contributed by atoms with van der Waals surface area (Å²) in [7, 11) is 0. The molecule has 1 saturated heterocycles. The Labute approximate surface area is 181 Å². The Balaban J connectivity index is 1.32. The normalized spacial score (nSPS) is 13.6. The summed E-state index contributed by atoms with van der Waals surface area (Å²) in [6.45, 7) is 6.06. The SMILES string of the molecule is CCOc1ccc(NC(=O)Nc2cc(N3CCN(c4ccccc4)CC3)ncn2)cc1. The van der Waals surface area contributed by atoms with Gasteiger partial charge in [-0.2, -0.15) is 0 Å². The Morgan fingerprint density at radius 2 is 1.65 bits per heavy atom. The van der Waals surface area contributed by atoms with Crippen molar-refractivity contribution in [1.82, 2.24) is 9.97 Å². The van der Waals surface area contributed by atoms with E-state index < -0.39 is 0 Å². The molecule has 2 heterocycles. The molecule has 2 aromatic carbocycles. The van der Waals surface area contributed by atoms with Crippen molar-refractivity contribution >= 4 is 29.0 Å². The standard InChI is InChI=1S/C23H26N6O2/c1-2-31-20-10-8-18(9-11-20)26-23(30)27-21-16-22(25-17-24-21)29-14-12-28(13-15-29)19-6-4-3-5-7-19/h3-11,16-17H,2,12-15H2,1H3,(H2,24,25,26,27,30). The molecular weight excluding hydrogens is 392 g/mol. The van der Waals surface area contributed by atoms with Crippen LogP contribution in [0.1, 0.15) is 6.92 Å². The Bertz CT molecular complexity index is 988. The monoisotopic (exact) mass is 418 g/mol. The predicted octanol–water partition coefficient (Wildman–Crippen LogP) is 3.85. The van der Waals surface area contributed by atoms with Crippen LogP contribution in [0.2, 0.25) is 0 Å². The van der Waals surface area contributed by atoms with Crippen molar-refractivity contribution in [3.63, 3.8) is 0 Å². The van der Waals surface area contributed by atoms with Crippen molar-refractivity contribution in [3.05, 3.63) is 67.0 Å². The summed E-state index contributed by atoms with van der Waals surface area (Å²) in [5.41, 5.74) is 1.91. The van der Waals surface area contributed by atoms with Crippen molar-refractivity contribution in [2.45, 2.75) is 6.92 Å². The number of carbonyl (C=O) groups is 1. The topological polar surface area (TPSA) is 82.6 Å². The van der Waals surface area contributed by atoms with E-state index in [-0.39, 0.29) is 6.03 Å². The maximum Gasteiger partial charge on any atom is 0.324 e. The summed E-state index contributed by atoms with van der Waals surface area (Å²) in [5, 5.41) is 5.57. The minimum atomic E-state index is -0.359. The van der Waals surface area contributed by atoms with E-state index in [9.17, 15) is 4.79 Å². The van der Waals surface area contributed by atoms with Crippen LogP contribution in [-0.4, -0.2) is 48.8 Å². The van der Waals surface area contributed by atoms with Crippen LogP contribution in [0.15, 0.2) is 67.0 Å². The second kappa shape index (κ2) is 9.80. The highest BCUT2D eigenvalue weighted by atomic mass is 16.5. The lowest BCUT2D eigenvalue weighted by Crippen LogP contribution is -2.46. The van der Waals surface area contributed by atoms with Gasteiger partial charge < -0.3 is 19.9 Å². The van der Waals surface area contributed by atoms with E-state index in [1.807, 2.05) is 25.1 Å². The zero-order chi connectivity index (χ0) is 21.5. The average Bonchev–Trinajstić information content (AvgIpc) is 2.81. The number of anilines is 4. The third kappa shape index (κ3) is 5.42. The number of aromatic nitrogens is 2. The molecule has 0 bridgehead atoms. The molecular formula is C23H26N6O2. The van der Waals surface area contributed by atoms with Gasteiger partial charge in [-0.25, -0.2) is 14.8 Å². The van der Waals surface area contributed by atoms with E-state index in [0.29, 0.717) is 18.1 Å². The molecule has 0 aliphatic carbocycles. The van der Waals surface area contributed by atoms with Crippen molar-refractivity contribution in [2.24, 2.45) is 0 Å². The minimum absolute atomic E-state index is 0.359. The highest BCUT2D eigenvalue weighted by Gasteiger charge is 2.19. The summed E-state index contributed by atoms with van der Waals surface area (Å²) in [6, 6.07) is 19.1. The zero-order valence-corrected chi connectivity index (χ0v) is 17.5. The average molecular weight is 419 g/mol. The number of ether oxygens (including phenoxy) is 1. The number of carbonyl (C=O) groups excluding carboxylic acids is 1. The summed E-state index contributed by atoms with van der Waals surface area (Å²) in [5.74, 6) is 2.03. The molecule has 0 unspecified atom stereocenters. The first-order chi connectivity index (χ1) is 15.2. The smallest absolute Gasteiger partial charge is 0.324 e. The summed E-state index contributed by atoms with van der Waals surface area (Å²) in [4.78, 5) is 25.5. The first kappa shape index (κ1) is 20.5. The van der Waals surface area contributed by atoms with E-state index in [1.54, 1.807) is 18.2 Å². The number of nitrogens with one attached hydrogen (secondary N) is 2. The number of hydrogen-bond acceptors (Lipinski definition) is 6. The van der Waals surface area contributed by atoms with E-state index in [4.69, 9.17) is 4.74 Å². The van der Waals surface area contributed by atoms with Gasteiger partial charge in [-0.3, -0.25) is 5.32 Å². The Kier molecular flexibility index (Phi) is 6.47. The quantitative estimate of drug-likeness (QED) is 0.633. The molecule has 1 aliphatic heterocycles. The fraction of sp³-hybridized carbons (Fsp3) is 0.261. The van der Waals surface area contributed by atoms with Gasteiger partial charge in [0.25, 0.3) is 0 Å². The lowest BCUT2D eigenvalue weighted by Gasteiger charge is -2.36. The van der Waals surface area contributed by atoms with E-state index in [2.05, 4.69) is 54.7 Å². The minimum Gasteiger partial charge on any atom is -0.494 e. The molecule has 0 atom stereocenters. The summed E-state index contributed by atoms with van der Waals surface area (Å²) in [6.07, 6.45) is 1.48. The van der Waals surface area contributed by atoms with E-state index >= 15 is 0 Å². The number of rotatable bonds is 6. The predicted molar refractivity (Wildman–Crippen MR) is 123 cm³/mol. The second-order valence-corrected chi connectivity index (χ2v) is 7.11. The molecule has 1 fully saturated rings. The van der Waals surface area contributed by atoms with Gasteiger partial charge in [0.15, 0.2) is 0 Å². The first-order valence-corrected chi connectivity index (χ1v) is 10.4. The Morgan fingerprint density at radius 1 is 0.935 bits per heavy atom. The van der Waals surface area contributed by atoms with Gasteiger partial charge in [0.05, 0.1) is 6.61 Å². The lowest BCUT2D eigenvalue weighted by molar-refractivity contribution is 0.262. The van der Waals surface area contributed by atoms with E-state index in [1.165, 1.54) is 12.0 Å². The highest BCUT2D eigenvalue weighted by Crippen LogP contribution is 2.20. The van der Waals surface area contributed by atoms with Gasteiger partial charge >= 0.3 is 6.03 Å². The number of piperazine rings is 1. The van der Waals surface area contributed by atoms with Gasteiger partial charge in [-0.15, -0.1) is 0 Å². The zero-order valence-electron chi connectivity index (χ0n) is 17.5. The fourth-order valence-electron chi connectivity index (χ4n) is 3.50. The van der Waals surface area contributed by atoms with Gasteiger partial charge in [0.1, 0.15) is 23.7 Å². The van der Waals surface area contributed by atoms with Crippen LogP contribution in [0.25, 0.3) is 0 Å². The largest absolute Gasteiger partial charge is 0.494 e. The van der Waals surface area contributed by atoms with Crippen LogP contribution in [0.5, 0.6) is 5.75 Å². The third-order valence-electron chi connectivity index (χ3n) is 5.04. The van der Waals surface area contributed by atoms with Crippen LogP contribution >= 0.6 is 0 Å². The summed E-state index contributed by atoms with van der Waals surface area (Å²) >= 11 is 0. The number of hydrogen-bond donors (Lipinski definition) is 2. The van der Waals surface area contributed by atoms with Gasteiger partial charge in [-0.1, -0.05) is 18.2 Å². The molecule has 160 valence electrons. The molecule has 8 heteroatoms.